The lowest BCUT2D eigenvalue weighted by atomic mass is 10.2. The van der Waals surface area contributed by atoms with E-state index in [1.807, 2.05) is 0 Å². The molecule has 0 spiro atoms. The third-order valence-electron chi connectivity index (χ3n) is 5.39. The molecule has 1 aromatic rings. The summed E-state index contributed by atoms with van der Waals surface area (Å²) in [5.41, 5.74) is 1.74. The summed E-state index contributed by atoms with van der Waals surface area (Å²) >= 11 is 1.53. The van der Waals surface area contributed by atoms with E-state index in [9.17, 15) is 18.0 Å². The zero-order chi connectivity index (χ0) is 17.8. The molecule has 0 saturated carbocycles. The topological polar surface area (TPSA) is 89.3 Å². The van der Waals surface area contributed by atoms with Crippen LogP contribution in [0.4, 0.5) is 0 Å². The number of likely N-dealkylation sites (tertiary alicyclic amines) is 1. The highest BCUT2D eigenvalue weighted by molar-refractivity contribution is 7.99. The first-order valence-corrected chi connectivity index (χ1v) is 11.5. The summed E-state index contributed by atoms with van der Waals surface area (Å²) in [5.74, 6) is 0.595. The van der Waals surface area contributed by atoms with Gasteiger partial charge in [0.2, 0.25) is 5.91 Å². The average molecular weight is 383 g/mol. The van der Waals surface area contributed by atoms with Crippen molar-refractivity contribution in [1.29, 1.82) is 0 Å². The van der Waals surface area contributed by atoms with Gasteiger partial charge in [0.15, 0.2) is 15.0 Å². The first-order chi connectivity index (χ1) is 11.8. The van der Waals surface area contributed by atoms with E-state index in [1.54, 1.807) is 9.47 Å². The lowest BCUT2D eigenvalue weighted by Gasteiger charge is -2.20. The second-order valence-corrected chi connectivity index (χ2v) is 10.4. The molecule has 1 aromatic heterocycles. The molecule has 3 aliphatic rings. The van der Waals surface area contributed by atoms with E-state index in [4.69, 9.17) is 0 Å². The highest BCUT2D eigenvalue weighted by atomic mass is 32.2. The summed E-state index contributed by atoms with van der Waals surface area (Å²) in [6.45, 7) is 0.738. The van der Waals surface area contributed by atoms with Crippen LogP contribution in [0.3, 0.4) is 0 Å². The largest absolute Gasteiger partial charge is 0.341 e. The van der Waals surface area contributed by atoms with Crippen molar-refractivity contribution in [2.45, 2.75) is 48.6 Å². The Morgan fingerprint density at radius 3 is 2.88 bits per heavy atom. The number of fused-ring (bicyclic) bond motifs is 2. The van der Waals surface area contributed by atoms with Crippen LogP contribution in [0, 0.1) is 0 Å². The Bertz CT molecular complexity index is 893. The molecule has 2 aliphatic heterocycles. The maximum absolute atomic E-state index is 12.8. The van der Waals surface area contributed by atoms with Crippen LogP contribution < -0.4 is 5.56 Å². The number of carbonyl (C=O) groups is 1. The number of nitrogens with zero attached hydrogens (tertiary/aromatic N) is 3. The van der Waals surface area contributed by atoms with E-state index in [0.29, 0.717) is 18.7 Å². The van der Waals surface area contributed by atoms with Gasteiger partial charge in [0.05, 0.1) is 17.0 Å². The summed E-state index contributed by atoms with van der Waals surface area (Å²) in [4.78, 5) is 31.6. The maximum atomic E-state index is 12.8. The van der Waals surface area contributed by atoms with Crippen molar-refractivity contribution < 1.29 is 13.2 Å². The average Bonchev–Trinajstić information content (AvgIpc) is 3.25. The van der Waals surface area contributed by atoms with Crippen LogP contribution in [0.15, 0.2) is 9.95 Å². The minimum atomic E-state index is -3.12. The van der Waals surface area contributed by atoms with Crippen molar-refractivity contribution in [3.8, 4) is 0 Å². The summed E-state index contributed by atoms with van der Waals surface area (Å²) in [6.07, 6.45) is 4.56. The summed E-state index contributed by atoms with van der Waals surface area (Å²) in [7, 11) is -3.12. The Morgan fingerprint density at radius 2 is 2.16 bits per heavy atom. The van der Waals surface area contributed by atoms with Crippen LogP contribution in [0.2, 0.25) is 0 Å². The molecule has 1 saturated heterocycles. The van der Waals surface area contributed by atoms with Crippen molar-refractivity contribution in [2.24, 2.45) is 0 Å². The molecule has 9 heteroatoms. The summed E-state index contributed by atoms with van der Waals surface area (Å²) < 4.78 is 25.0. The molecule has 0 radical (unpaired) electrons. The molecule has 1 fully saturated rings. The van der Waals surface area contributed by atoms with Crippen LogP contribution in [0.5, 0.6) is 0 Å². The fourth-order valence-corrected chi connectivity index (χ4v) is 6.08. The van der Waals surface area contributed by atoms with Crippen LogP contribution >= 0.6 is 11.8 Å². The van der Waals surface area contributed by atoms with Crippen LogP contribution in [-0.2, 0) is 27.5 Å². The van der Waals surface area contributed by atoms with Crippen LogP contribution in [0.1, 0.15) is 36.6 Å². The third kappa shape index (κ3) is 3.01. The Morgan fingerprint density at radius 1 is 1.36 bits per heavy atom. The number of thioether (sulfide) groups is 1. The number of carbonyl (C=O) groups excluding carboxylic acids is 1. The van der Waals surface area contributed by atoms with E-state index in [1.165, 1.54) is 18.0 Å². The Balaban J connectivity index is 1.51. The maximum Gasteiger partial charge on any atom is 0.257 e. The Labute approximate surface area is 150 Å². The lowest BCUT2D eigenvalue weighted by Crippen LogP contribution is -2.35. The predicted molar refractivity (Wildman–Crippen MR) is 94.7 cm³/mol. The fourth-order valence-electron chi connectivity index (χ4n) is 3.94. The molecule has 2 atom stereocenters. The molecule has 3 heterocycles. The van der Waals surface area contributed by atoms with E-state index in [2.05, 4.69) is 4.98 Å². The van der Waals surface area contributed by atoms with Gasteiger partial charge in [-0.3, -0.25) is 14.2 Å². The summed E-state index contributed by atoms with van der Waals surface area (Å²) in [5, 5.41) is 0.258. The van der Waals surface area contributed by atoms with Gasteiger partial charge in [-0.2, -0.15) is 0 Å². The minimum Gasteiger partial charge on any atom is -0.341 e. The molecular formula is C16H21N3O4S2. The first-order valence-electron chi connectivity index (χ1n) is 8.58. The zero-order valence-corrected chi connectivity index (χ0v) is 15.7. The van der Waals surface area contributed by atoms with Gasteiger partial charge in [0.25, 0.3) is 5.56 Å². The smallest absolute Gasteiger partial charge is 0.257 e. The molecule has 1 amide bonds. The van der Waals surface area contributed by atoms with Crippen molar-refractivity contribution in [2.75, 3.05) is 25.1 Å². The van der Waals surface area contributed by atoms with E-state index < -0.39 is 15.1 Å². The van der Waals surface area contributed by atoms with Crippen molar-refractivity contribution in [3.05, 3.63) is 21.6 Å². The lowest BCUT2D eigenvalue weighted by molar-refractivity contribution is -0.130. The van der Waals surface area contributed by atoms with Gasteiger partial charge in [-0.15, -0.1) is 0 Å². The normalized spacial score (nSPS) is 25.2. The number of hydrogen-bond acceptors (Lipinski definition) is 6. The molecule has 0 aromatic carbocycles. The molecular weight excluding hydrogens is 362 g/mol. The highest BCUT2D eigenvalue weighted by Gasteiger charge is 2.36. The van der Waals surface area contributed by atoms with Crippen LogP contribution in [-0.4, -0.2) is 59.1 Å². The number of aryl methyl sites for hydroxylation is 1. The number of sulfone groups is 1. The molecule has 0 N–H and O–H groups in total. The van der Waals surface area contributed by atoms with Gasteiger partial charge >= 0.3 is 0 Å². The van der Waals surface area contributed by atoms with E-state index in [0.717, 1.165) is 35.7 Å². The van der Waals surface area contributed by atoms with Crippen LogP contribution in [0.25, 0.3) is 0 Å². The standard InChI is InChI=1S/C16H21N3O4S2/c1-25(22,23)11-5-6-18(8-11)14(20)7-10-9-24-16-17-13-4-2-3-12(13)15(21)19(10)16/h10-11H,2-9H2,1H3. The third-order valence-corrected chi connectivity index (χ3v) is 8.08. The molecule has 25 heavy (non-hydrogen) atoms. The molecule has 2 unspecified atom stereocenters. The van der Waals surface area contributed by atoms with Crippen molar-refractivity contribution in [3.63, 3.8) is 0 Å². The monoisotopic (exact) mass is 383 g/mol. The number of rotatable bonds is 3. The fraction of sp³-hybridized carbons (Fsp3) is 0.688. The Hall–Kier alpha value is -1.35. The molecule has 4 rings (SSSR count). The Kier molecular flexibility index (Phi) is 4.18. The SMILES string of the molecule is CS(=O)(=O)C1CCN(C(=O)CC2CSc3nc4c(c(=O)n32)CCC4)C1. The molecule has 7 nitrogen and oxygen atoms in total. The van der Waals surface area contributed by atoms with Gasteiger partial charge < -0.3 is 4.90 Å². The number of aromatic nitrogens is 2. The number of hydrogen-bond donors (Lipinski definition) is 0. The van der Waals surface area contributed by atoms with E-state index >= 15 is 0 Å². The van der Waals surface area contributed by atoms with Gasteiger partial charge in [-0.05, 0) is 25.7 Å². The van der Waals surface area contributed by atoms with Gasteiger partial charge in [0.1, 0.15) is 0 Å². The van der Waals surface area contributed by atoms with Gasteiger partial charge in [0, 0.05) is 37.1 Å². The van der Waals surface area contributed by atoms with Crippen molar-refractivity contribution in [1.82, 2.24) is 14.5 Å². The second kappa shape index (κ2) is 6.12. The quantitative estimate of drug-likeness (QED) is 0.703. The second-order valence-electron chi connectivity index (χ2n) is 7.10. The molecule has 0 bridgehead atoms. The number of amides is 1. The van der Waals surface area contributed by atoms with Gasteiger partial charge in [-0.1, -0.05) is 11.8 Å². The minimum absolute atomic E-state index is 0.00994. The molecule has 136 valence electrons. The summed E-state index contributed by atoms with van der Waals surface area (Å²) in [6, 6.07) is -0.185. The zero-order valence-electron chi connectivity index (χ0n) is 14.1. The first kappa shape index (κ1) is 17.1. The molecule has 1 aliphatic carbocycles. The van der Waals surface area contributed by atoms with Gasteiger partial charge in [-0.25, -0.2) is 13.4 Å². The van der Waals surface area contributed by atoms with Crippen molar-refractivity contribution >= 4 is 27.5 Å². The van der Waals surface area contributed by atoms with E-state index in [-0.39, 0.29) is 30.5 Å². The highest BCUT2D eigenvalue weighted by Crippen LogP contribution is 2.34. The predicted octanol–water partition coefficient (Wildman–Crippen LogP) is 0.414.